The fourth-order valence-electron chi connectivity index (χ4n) is 3.66. The Hall–Kier alpha value is -2.54. The molecule has 1 heteroatoms. The minimum Gasteiger partial charge on any atom is -0.456 e. The number of fused-ring (bicyclic) bond motifs is 2. The average Bonchev–Trinajstić information content (AvgIpc) is 2.54. The van der Waals surface area contributed by atoms with Gasteiger partial charge in [0.05, 0.1) is 0 Å². The van der Waals surface area contributed by atoms with Crippen molar-refractivity contribution in [1.29, 1.82) is 0 Å². The van der Waals surface area contributed by atoms with Gasteiger partial charge in [-0.2, -0.15) is 0 Å². The predicted molar refractivity (Wildman–Crippen MR) is 100.0 cm³/mol. The summed E-state index contributed by atoms with van der Waals surface area (Å²) in [5.74, 6) is 1.97. The van der Waals surface area contributed by atoms with Gasteiger partial charge in [0.25, 0.3) is 0 Å². The summed E-state index contributed by atoms with van der Waals surface area (Å²) in [6.07, 6.45) is 0. The van der Waals surface area contributed by atoms with Crippen molar-refractivity contribution >= 4 is 0 Å². The van der Waals surface area contributed by atoms with E-state index in [1.54, 1.807) is 0 Å². The molecule has 0 aliphatic carbocycles. The summed E-state index contributed by atoms with van der Waals surface area (Å²) in [5, 5.41) is 0. The molecule has 1 aliphatic heterocycles. The van der Waals surface area contributed by atoms with Gasteiger partial charge in [-0.1, -0.05) is 74.0 Å². The topological polar surface area (TPSA) is 9.23 Å². The number of aryl methyl sites for hydroxylation is 2. The molecule has 1 heterocycles. The van der Waals surface area contributed by atoms with Crippen LogP contribution < -0.4 is 4.74 Å². The zero-order chi connectivity index (χ0) is 16.9. The summed E-state index contributed by atoms with van der Waals surface area (Å²) >= 11 is 0. The zero-order valence-corrected chi connectivity index (χ0v) is 14.7. The zero-order valence-electron chi connectivity index (χ0n) is 14.7. The number of rotatable bonds is 1. The van der Waals surface area contributed by atoms with Crippen molar-refractivity contribution in [3.05, 3.63) is 82.9 Å². The Morgan fingerprint density at radius 1 is 0.750 bits per heavy atom. The van der Waals surface area contributed by atoms with Gasteiger partial charge in [-0.15, -0.1) is 0 Å². The molecule has 0 bridgehead atoms. The van der Waals surface area contributed by atoms with Gasteiger partial charge in [0, 0.05) is 22.1 Å². The summed E-state index contributed by atoms with van der Waals surface area (Å²) in [7, 11) is 0. The number of hydrogen-bond donors (Lipinski definition) is 0. The largest absolute Gasteiger partial charge is 0.456 e. The lowest BCUT2D eigenvalue weighted by Gasteiger charge is -2.35. The Balaban J connectivity index is 1.96. The van der Waals surface area contributed by atoms with Crippen LogP contribution in [-0.4, -0.2) is 0 Å². The van der Waals surface area contributed by atoms with Gasteiger partial charge in [-0.05, 0) is 31.0 Å². The van der Waals surface area contributed by atoms with Crippen LogP contribution in [-0.2, 0) is 5.41 Å². The van der Waals surface area contributed by atoms with E-state index in [4.69, 9.17) is 4.74 Å². The van der Waals surface area contributed by atoms with E-state index in [2.05, 4.69) is 88.4 Å². The molecule has 24 heavy (non-hydrogen) atoms. The molecule has 0 spiro atoms. The Kier molecular flexibility index (Phi) is 3.28. The first-order valence-corrected chi connectivity index (χ1v) is 8.46. The lowest BCUT2D eigenvalue weighted by atomic mass is 9.74. The summed E-state index contributed by atoms with van der Waals surface area (Å²) < 4.78 is 6.42. The van der Waals surface area contributed by atoms with Gasteiger partial charge in [0.15, 0.2) is 0 Å². The fourth-order valence-corrected chi connectivity index (χ4v) is 3.66. The molecule has 0 unspecified atom stereocenters. The Morgan fingerprint density at radius 3 is 2.29 bits per heavy atom. The van der Waals surface area contributed by atoms with Crippen molar-refractivity contribution in [1.82, 2.24) is 0 Å². The quantitative estimate of drug-likeness (QED) is 0.505. The van der Waals surface area contributed by atoms with E-state index in [0.717, 1.165) is 17.1 Å². The maximum absolute atomic E-state index is 6.42. The Labute approximate surface area is 143 Å². The second-order valence-electron chi connectivity index (χ2n) is 7.28. The van der Waals surface area contributed by atoms with Crippen molar-refractivity contribution in [3.8, 4) is 22.6 Å². The van der Waals surface area contributed by atoms with E-state index in [9.17, 15) is 0 Å². The van der Waals surface area contributed by atoms with Gasteiger partial charge in [0.1, 0.15) is 11.5 Å². The molecular weight excluding hydrogens is 292 g/mol. The van der Waals surface area contributed by atoms with Gasteiger partial charge < -0.3 is 4.74 Å². The van der Waals surface area contributed by atoms with Crippen molar-refractivity contribution in [3.63, 3.8) is 0 Å². The van der Waals surface area contributed by atoms with E-state index in [1.165, 1.54) is 27.8 Å². The van der Waals surface area contributed by atoms with Crippen LogP contribution in [0.4, 0.5) is 0 Å². The average molecular weight is 314 g/mol. The van der Waals surface area contributed by atoms with Crippen LogP contribution in [0.15, 0.2) is 60.7 Å². The Bertz CT molecular complexity index is 935. The number of hydrogen-bond acceptors (Lipinski definition) is 1. The summed E-state index contributed by atoms with van der Waals surface area (Å²) in [4.78, 5) is 0. The highest BCUT2D eigenvalue weighted by Crippen LogP contribution is 2.51. The van der Waals surface area contributed by atoms with Crippen LogP contribution in [0, 0.1) is 13.8 Å². The molecule has 4 rings (SSSR count). The second kappa shape index (κ2) is 5.24. The highest BCUT2D eigenvalue weighted by atomic mass is 16.5. The maximum Gasteiger partial charge on any atom is 0.139 e. The highest BCUT2D eigenvalue weighted by Gasteiger charge is 2.35. The minimum atomic E-state index is -0.0730. The number of para-hydroxylation sites is 1. The van der Waals surface area contributed by atoms with Gasteiger partial charge in [0.2, 0.25) is 0 Å². The SMILES string of the molecule is Cc1cccc(-c2cccc3c2Oc2cc(C)ccc2C3(C)C)c1. The van der Waals surface area contributed by atoms with Crippen LogP contribution in [0.1, 0.15) is 36.1 Å². The summed E-state index contributed by atoms with van der Waals surface area (Å²) in [6.45, 7) is 8.80. The third-order valence-corrected chi connectivity index (χ3v) is 5.04. The van der Waals surface area contributed by atoms with Crippen LogP contribution in [0.25, 0.3) is 11.1 Å². The lowest BCUT2D eigenvalue weighted by Crippen LogP contribution is -2.24. The highest BCUT2D eigenvalue weighted by molar-refractivity contribution is 5.76. The van der Waals surface area contributed by atoms with E-state index in [-0.39, 0.29) is 5.41 Å². The molecule has 0 radical (unpaired) electrons. The van der Waals surface area contributed by atoms with E-state index in [1.807, 2.05) is 0 Å². The third kappa shape index (κ3) is 2.24. The van der Waals surface area contributed by atoms with Crippen molar-refractivity contribution < 1.29 is 4.74 Å². The van der Waals surface area contributed by atoms with Crippen molar-refractivity contribution in [2.45, 2.75) is 33.1 Å². The molecule has 0 saturated heterocycles. The molecule has 0 amide bonds. The summed E-state index contributed by atoms with van der Waals surface area (Å²) in [5.41, 5.74) is 7.28. The molecule has 3 aromatic carbocycles. The molecule has 0 saturated carbocycles. The van der Waals surface area contributed by atoms with Crippen LogP contribution in [0.3, 0.4) is 0 Å². The molecule has 0 fully saturated rings. The van der Waals surface area contributed by atoms with Gasteiger partial charge >= 0.3 is 0 Å². The first-order valence-electron chi connectivity index (χ1n) is 8.46. The monoisotopic (exact) mass is 314 g/mol. The van der Waals surface area contributed by atoms with Gasteiger partial charge in [-0.25, -0.2) is 0 Å². The van der Waals surface area contributed by atoms with E-state index < -0.39 is 0 Å². The Morgan fingerprint density at radius 2 is 1.50 bits per heavy atom. The second-order valence-corrected chi connectivity index (χ2v) is 7.28. The predicted octanol–water partition coefficient (Wildman–Crippen LogP) is 6.40. The minimum absolute atomic E-state index is 0.0730. The third-order valence-electron chi connectivity index (χ3n) is 5.04. The normalized spacial score (nSPS) is 14.5. The van der Waals surface area contributed by atoms with Crippen LogP contribution in [0.2, 0.25) is 0 Å². The molecule has 0 N–H and O–H groups in total. The van der Waals surface area contributed by atoms with Crippen molar-refractivity contribution in [2.24, 2.45) is 0 Å². The standard InChI is InChI=1S/C23H22O/c1-15-7-5-8-17(13-15)18-9-6-10-20-22(18)24-21-14-16(2)11-12-19(21)23(20,3)4/h5-14H,1-4H3. The van der Waals surface area contributed by atoms with Crippen LogP contribution >= 0.6 is 0 Å². The first kappa shape index (κ1) is 15.0. The molecule has 1 nitrogen and oxygen atoms in total. The first-order chi connectivity index (χ1) is 11.5. The molecule has 3 aromatic rings. The fraction of sp³-hybridized carbons (Fsp3) is 0.217. The number of benzene rings is 3. The molecule has 120 valence electrons. The van der Waals surface area contributed by atoms with Crippen LogP contribution in [0.5, 0.6) is 11.5 Å². The smallest absolute Gasteiger partial charge is 0.139 e. The van der Waals surface area contributed by atoms with Crippen molar-refractivity contribution in [2.75, 3.05) is 0 Å². The number of ether oxygens (including phenoxy) is 1. The maximum atomic E-state index is 6.42. The lowest BCUT2D eigenvalue weighted by molar-refractivity contribution is 0.419. The molecule has 1 aliphatic rings. The van der Waals surface area contributed by atoms with E-state index in [0.29, 0.717) is 0 Å². The van der Waals surface area contributed by atoms with E-state index >= 15 is 0 Å². The van der Waals surface area contributed by atoms with Gasteiger partial charge in [-0.3, -0.25) is 0 Å². The molecular formula is C23H22O. The molecule has 0 aromatic heterocycles. The summed E-state index contributed by atoms with van der Waals surface area (Å²) in [6, 6.07) is 21.6. The molecule has 0 atom stereocenters.